The van der Waals surface area contributed by atoms with Crippen LogP contribution in [0.1, 0.15) is 25.3 Å². The smallest absolute Gasteiger partial charge is 0.355 e. The molecule has 0 aromatic heterocycles. The van der Waals surface area contributed by atoms with Crippen molar-refractivity contribution in [2.24, 2.45) is 5.73 Å². The average Bonchev–Trinajstić information content (AvgIpc) is 2.90. The minimum absolute atomic E-state index is 0.0347. The molecule has 2 aliphatic heterocycles. The first kappa shape index (κ1) is 25.7. The Bertz CT molecular complexity index is 1240. The molecule has 3 atom stereocenters. The number of hydrogen-bond donors (Lipinski definition) is 2. The number of carbonyl (C=O) groups excluding carboxylic acids is 3. The molecule has 2 amide bonds. The number of hydrogen-bond acceptors (Lipinski definition) is 8. The molecule has 1 aromatic rings. The molecule has 4 rings (SSSR count). The van der Waals surface area contributed by atoms with Crippen LogP contribution < -0.4 is 11.1 Å². The summed E-state index contributed by atoms with van der Waals surface area (Å²) in [6.07, 6.45) is 7.09. The number of nitro benzene ring substituents is 1. The monoisotopic (exact) mass is 530 g/mol. The Morgan fingerprint density at radius 2 is 2.08 bits per heavy atom. The van der Waals surface area contributed by atoms with Crippen LogP contribution >= 0.6 is 23.4 Å². The molecule has 3 N–H and O–H groups in total. The van der Waals surface area contributed by atoms with Gasteiger partial charge in [0.05, 0.1) is 4.92 Å². The maximum absolute atomic E-state index is 13.0. The Labute approximate surface area is 216 Å². The number of halogens is 1. The lowest BCUT2D eigenvalue weighted by molar-refractivity contribution is -0.384. The summed E-state index contributed by atoms with van der Waals surface area (Å²) < 4.78 is 5.40. The van der Waals surface area contributed by atoms with E-state index in [1.807, 2.05) is 18.2 Å². The highest BCUT2D eigenvalue weighted by Gasteiger charge is 2.55. The van der Waals surface area contributed by atoms with Crippen LogP contribution in [-0.4, -0.2) is 45.1 Å². The summed E-state index contributed by atoms with van der Waals surface area (Å²) in [5.74, 6) is -1.68. The molecule has 1 aliphatic carbocycles. The summed E-state index contributed by atoms with van der Waals surface area (Å²) in [6.45, 7) is 1.50. The highest BCUT2D eigenvalue weighted by Crippen LogP contribution is 2.46. The van der Waals surface area contributed by atoms with Crippen LogP contribution in [0, 0.1) is 10.1 Å². The Hall–Kier alpha value is -3.41. The summed E-state index contributed by atoms with van der Waals surface area (Å²) in [7, 11) is 0. The quantitative estimate of drug-likeness (QED) is 0.180. The second-order valence-corrected chi connectivity index (χ2v) is 9.69. The number of non-ortho nitro benzene ring substituents is 1. The van der Waals surface area contributed by atoms with E-state index in [0.29, 0.717) is 28.9 Å². The first-order valence-electron chi connectivity index (χ1n) is 11.0. The number of fused-ring (bicyclic) bond motifs is 1. The predicted molar refractivity (Wildman–Crippen MR) is 134 cm³/mol. The molecule has 3 aliphatic rings. The predicted octanol–water partition coefficient (Wildman–Crippen LogP) is 3.00. The van der Waals surface area contributed by atoms with E-state index < -0.39 is 40.2 Å². The molecule has 1 fully saturated rings. The van der Waals surface area contributed by atoms with Crippen molar-refractivity contribution >= 4 is 46.8 Å². The van der Waals surface area contributed by atoms with Gasteiger partial charge >= 0.3 is 5.97 Å². The fourth-order valence-electron chi connectivity index (χ4n) is 4.05. The number of rotatable bonds is 7. The molecule has 12 heteroatoms. The van der Waals surface area contributed by atoms with E-state index in [9.17, 15) is 24.5 Å². The van der Waals surface area contributed by atoms with Gasteiger partial charge in [-0.05, 0) is 48.6 Å². The number of benzene rings is 1. The number of nitrogens with two attached hydrogens (primary N) is 1. The molecule has 0 bridgehead atoms. The molecule has 36 heavy (non-hydrogen) atoms. The number of β-lactam (4-membered cyclic amide) rings is 1. The molecule has 10 nitrogen and oxygen atoms in total. The fourth-order valence-corrected chi connectivity index (χ4v) is 5.58. The molecular formula is C24H23ClN4O6S. The first-order valence-corrected chi connectivity index (χ1v) is 12.4. The summed E-state index contributed by atoms with van der Waals surface area (Å²) in [5.41, 5.74) is 9.16. The van der Waals surface area contributed by atoms with Gasteiger partial charge in [-0.2, -0.15) is 0 Å². The van der Waals surface area contributed by atoms with Gasteiger partial charge in [0, 0.05) is 22.6 Å². The van der Waals surface area contributed by atoms with Crippen LogP contribution in [0.25, 0.3) is 0 Å². The third-order valence-electron chi connectivity index (χ3n) is 6.08. The van der Waals surface area contributed by atoms with Gasteiger partial charge in [0.15, 0.2) is 0 Å². The van der Waals surface area contributed by atoms with E-state index >= 15 is 0 Å². The number of nitrogens with one attached hydrogen (secondary N) is 1. The van der Waals surface area contributed by atoms with Crippen molar-refractivity contribution in [1.82, 2.24) is 10.2 Å². The molecular weight excluding hydrogens is 508 g/mol. The molecule has 1 aromatic carbocycles. The number of ether oxygens (including phenoxy) is 1. The van der Waals surface area contributed by atoms with Crippen molar-refractivity contribution in [3.63, 3.8) is 0 Å². The standard InChI is InChI=1S/C24H23ClN4O6S/c1-13-17(11-25)36-23-19(27-21(30)18(26)15-5-3-2-4-6-15)22(31)28(23)20(13)24(32)35-12-14-7-9-16(10-8-14)29(33)34/h2-3,6-11,18-19,23H,4-5,12,26H2,1H3,(H,27,30)/t18?,19?,23-/m1/s1. The van der Waals surface area contributed by atoms with Crippen LogP contribution in [0.3, 0.4) is 0 Å². The van der Waals surface area contributed by atoms with Crippen LogP contribution in [-0.2, 0) is 25.7 Å². The number of carbonyl (C=O) groups is 3. The third-order valence-corrected chi connectivity index (χ3v) is 7.83. The van der Waals surface area contributed by atoms with Crippen LogP contribution in [0.15, 0.2) is 69.8 Å². The van der Waals surface area contributed by atoms with E-state index in [1.165, 1.54) is 46.5 Å². The van der Waals surface area contributed by atoms with Crippen LogP contribution in [0.4, 0.5) is 5.69 Å². The lowest BCUT2D eigenvalue weighted by Gasteiger charge is -2.50. The number of thioether (sulfide) groups is 1. The normalized spacial score (nSPS) is 23.0. The molecule has 188 valence electrons. The van der Waals surface area contributed by atoms with Gasteiger partial charge in [-0.15, -0.1) is 0 Å². The van der Waals surface area contributed by atoms with Crippen molar-refractivity contribution in [2.75, 3.05) is 0 Å². The van der Waals surface area contributed by atoms with Gasteiger partial charge in [0.2, 0.25) is 5.91 Å². The summed E-state index contributed by atoms with van der Waals surface area (Å²) in [6, 6.07) is 3.83. The second kappa shape index (κ2) is 10.7. The molecule has 0 spiro atoms. The largest absolute Gasteiger partial charge is 0.456 e. The summed E-state index contributed by atoms with van der Waals surface area (Å²) >= 11 is 7.24. The van der Waals surface area contributed by atoms with Gasteiger partial charge < -0.3 is 15.8 Å². The SMILES string of the molecule is CC1=C(C(=O)OCc2ccc([N+](=O)[O-])cc2)N2C(=O)C(NC(=O)C(N)C3=CCC=CC3)[C@H]2SC1=CCl. The average molecular weight is 531 g/mol. The number of allylic oxidation sites excluding steroid dienone is 4. The van der Waals surface area contributed by atoms with E-state index in [-0.39, 0.29) is 18.0 Å². The maximum Gasteiger partial charge on any atom is 0.355 e. The third kappa shape index (κ3) is 4.95. The van der Waals surface area contributed by atoms with Crippen molar-refractivity contribution < 1.29 is 24.0 Å². The van der Waals surface area contributed by atoms with Crippen LogP contribution in [0.2, 0.25) is 0 Å². The number of esters is 1. The molecule has 2 unspecified atom stereocenters. The topological polar surface area (TPSA) is 145 Å². The molecule has 0 saturated carbocycles. The van der Waals surface area contributed by atoms with E-state index in [0.717, 1.165) is 5.57 Å². The Balaban J connectivity index is 1.46. The summed E-state index contributed by atoms with van der Waals surface area (Å²) in [4.78, 5) is 51.0. The highest BCUT2D eigenvalue weighted by atomic mass is 35.5. The van der Waals surface area contributed by atoms with Gasteiger partial charge in [0.25, 0.3) is 11.6 Å². The molecule has 1 saturated heterocycles. The highest BCUT2D eigenvalue weighted by molar-refractivity contribution is 8.04. The minimum Gasteiger partial charge on any atom is -0.456 e. The van der Waals surface area contributed by atoms with Crippen LogP contribution in [0.5, 0.6) is 0 Å². The Morgan fingerprint density at radius 3 is 2.69 bits per heavy atom. The zero-order valence-electron chi connectivity index (χ0n) is 19.2. The first-order chi connectivity index (χ1) is 17.2. The number of amides is 2. The van der Waals surface area contributed by atoms with Crippen molar-refractivity contribution in [1.29, 1.82) is 0 Å². The molecule has 2 heterocycles. The number of nitro groups is 1. The van der Waals surface area contributed by atoms with Gasteiger partial charge in [-0.25, -0.2) is 4.79 Å². The van der Waals surface area contributed by atoms with E-state index in [2.05, 4.69) is 5.32 Å². The van der Waals surface area contributed by atoms with Gasteiger partial charge in [-0.1, -0.05) is 41.6 Å². The van der Waals surface area contributed by atoms with Crippen molar-refractivity contribution in [2.45, 2.75) is 43.8 Å². The Kier molecular flexibility index (Phi) is 7.62. The van der Waals surface area contributed by atoms with Crippen molar-refractivity contribution in [3.05, 3.63) is 85.5 Å². The summed E-state index contributed by atoms with van der Waals surface area (Å²) in [5, 5.41) is 12.9. The van der Waals surface area contributed by atoms with E-state index in [4.69, 9.17) is 22.1 Å². The minimum atomic E-state index is -0.884. The molecule has 0 radical (unpaired) electrons. The van der Waals surface area contributed by atoms with E-state index in [1.54, 1.807) is 6.92 Å². The lowest BCUT2D eigenvalue weighted by atomic mass is 9.97. The van der Waals surface area contributed by atoms with Gasteiger partial charge in [-0.3, -0.25) is 24.6 Å². The zero-order chi connectivity index (χ0) is 26.0. The zero-order valence-corrected chi connectivity index (χ0v) is 20.8. The fraction of sp³-hybridized carbons (Fsp3) is 0.292. The number of nitrogens with zero attached hydrogens (tertiary/aromatic N) is 2. The maximum atomic E-state index is 13.0. The lowest BCUT2D eigenvalue weighted by Crippen LogP contribution is -2.71. The Morgan fingerprint density at radius 1 is 1.36 bits per heavy atom. The second-order valence-electron chi connectivity index (χ2n) is 8.32. The van der Waals surface area contributed by atoms with Crippen molar-refractivity contribution in [3.8, 4) is 0 Å². The van der Waals surface area contributed by atoms with Gasteiger partial charge in [0.1, 0.15) is 29.8 Å².